The molecule has 0 saturated carbocycles. The molecule has 2 aromatic rings. The van der Waals surface area contributed by atoms with Crippen molar-refractivity contribution in [3.05, 3.63) is 83.1 Å². The Labute approximate surface area is 125 Å². The van der Waals surface area contributed by atoms with Crippen LogP contribution < -0.4 is 5.32 Å². The fourth-order valence-electron chi connectivity index (χ4n) is 2.01. The third-order valence-corrected chi connectivity index (χ3v) is 3.15. The van der Waals surface area contributed by atoms with E-state index in [1.165, 1.54) is 5.56 Å². The first-order valence-corrected chi connectivity index (χ1v) is 7.01. The summed E-state index contributed by atoms with van der Waals surface area (Å²) >= 11 is 0. The first kappa shape index (κ1) is 14.8. The van der Waals surface area contributed by atoms with E-state index >= 15 is 0 Å². The molecule has 0 saturated heterocycles. The van der Waals surface area contributed by atoms with Crippen LogP contribution in [0.4, 0.5) is 0 Å². The van der Waals surface area contributed by atoms with E-state index in [-0.39, 0.29) is 5.91 Å². The molecule has 2 heteroatoms. The van der Waals surface area contributed by atoms with Crippen LogP contribution in [0.5, 0.6) is 0 Å². The highest BCUT2D eigenvalue weighted by atomic mass is 16.1. The van der Waals surface area contributed by atoms with Crippen molar-refractivity contribution >= 4 is 11.5 Å². The molecule has 0 radical (unpaired) electrons. The predicted molar refractivity (Wildman–Crippen MR) is 86.6 cm³/mol. The lowest BCUT2D eigenvalue weighted by Gasteiger charge is -2.08. The van der Waals surface area contributed by atoms with Crippen LogP contribution in [-0.2, 0) is 11.3 Å². The van der Waals surface area contributed by atoms with E-state index in [4.69, 9.17) is 0 Å². The summed E-state index contributed by atoms with van der Waals surface area (Å²) < 4.78 is 0. The first-order chi connectivity index (χ1) is 10.2. The second-order valence-corrected chi connectivity index (χ2v) is 4.84. The maximum absolute atomic E-state index is 12.4. The van der Waals surface area contributed by atoms with Gasteiger partial charge in [-0.2, -0.15) is 0 Å². The Bertz CT molecular complexity index is 662. The maximum Gasteiger partial charge on any atom is 0.259 e. The molecular formula is C19H19NO. The Hall–Kier alpha value is -2.57. The molecule has 0 bridgehead atoms. The molecule has 0 aliphatic heterocycles. The normalized spacial score (nSPS) is 9.62. The first-order valence-electron chi connectivity index (χ1n) is 7.01. The van der Waals surface area contributed by atoms with Crippen LogP contribution in [0.3, 0.4) is 0 Å². The van der Waals surface area contributed by atoms with Gasteiger partial charge in [0.25, 0.3) is 5.91 Å². The minimum absolute atomic E-state index is 0.110. The van der Waals surface area contributed by atoms with Crippen LogP contribution in [-0.4, -0.2) is 5.91 Å². The summed E-state index contributed by atoms with van der Waals surface area (Å²) in [5.74, 6) is -0.110. The van der Waals surface area contributed by atoms with Crippen molar-refractivity contribution in [2.45, 2.75) is 20.4 Å². The van der Waals surface area contributed by atoms with Gasteiger partial charge in [0.15, 0.2) is 0 Å². The Morgan fingerprint density at radius 1 is 1.10 bits per heavy atom. The van der Waals surface area contributed by atoms with Gasteiger partial charge in [-0.1, -0.05) is 60.2 Å². The quantitative estimate of drug-likeness (QED) is 0.667. The molecule has 21 heavy (non-hydrogen) atoms. The fraction of sp³-hybridized carbons (Fsp3) is 0.158. The van der Waals surface area contributed by atoms with Crippen LogP contribution in [0.15, 0.2) is 66.4 Å². The molecule has 0 heterocycles. The minimum Gasteiger partial charge on any atom is -0.347 e. The van der Waals surface area contributed by atoms with E-state index in [1.54, 1.807) is 6.08 Å². The van der Waals surface area contributed by atoms with Gasteiger partial charge in [-0.25, -0.2) is 0 Å². The van der Waals surface area contributed by atoms with Gasteiger partial charge in [0, 0.05) is 6.54 Å². The van der Waals surface area contributed by atoms with E-state index in [2.05, 4.69) is 11.0 Å². The SMILES string of the molecule is CC=C=C(C(=O)NCc1ccccc1)c1ccc(C)cc1. The van der Waals surface area contributed by atoms with E-state index in [0.29, 0.717) is 12.1 Å². The van der Waals surface area contributed by atoms with Crippen molar-refractivity contribution in [1.82, 2.24) is 5.32 Å². The van der Waals surface area contributed by atoms with Crippen molar-refractivity contribution in [2.24, 2.45) is 0 Å². The standard InChI is InChI=1S/C19H19NO/c1-3-7-18(17-12-10-15(2)11-13-17)19(21)20-14-16-8-5-4-6-9-16/h3-6,8-13H,14H2,1-2H3,(H,20,21). The molecule has 0 aliphatic rings. The Morgan fingerprint density at radius 3 is 2.38 bits per heavy atom. The van der Waals surface area contributed by atoms with Gasteiger partial charge in [0.1, 0.15) is 0 Å². The number of aryl methyl sites for hydroxylation is 1. The van der Waals surface area contributed by atoms with Crippen LogP contribution >= 0.6 is 0 Å². The van der Waals surface area contributed by atoms with Crippen molar-refractivity contribution in [3.63, 3.8) is 0 Å². The highest BCUT2D eigenvalue weighted by Gasteiger charge is 2.10. The average Bonchev–Trinajstić information content (AvgIpc) is 2.52. The van der Waals surface area contributed by atoms with E-state index in [1.807, 2.05) is 68.4 Å². The summed E-state index contributed by atoms with van der Waals surface area (Å²) in [6.07, 6.45) is 1.76. The zero-order valence-corrected chi connectivity index (χ0v) is 12.4. The second-order valence-electron chi connectivity index (χ2n) is 4.84. The van der Waals surface area contributed by atoms with Gasteiger partial charge in [0.05, 0.1) is 5.57 Å². The number of benzene rings is 2. The molecule has 1 amide bonds. The third-order valence-electron chi connectivity index (χ3n) is 3.15. The van der Waals surface area contributed by atoms with E-state index in [0.717, 1.165) is 11.1 Å². The molecule has 2 nitrogen and oxygen atoms in total. The van der Waals surface area contributed by atoms with Crippen molar-refractivity contribution < 1.29 is 4.79 Å². The lowest BCUT2D eigenvalue weighted by atomic mass is 10.0. The molecule has 0 aliphatic carbocycles. The van der Waals surface area contributed by atoms with Gasteiger partial charge in [-0.3, -0.25) is 4.79 Å². The lowest BCUT2D eigenvalue weighted by molar-refractivity contribution is -0.115. The monoisotopic (exact) mass is 277 g/mol. The van der Waals surface area contributed by atoms with Gasteiger partial charge >= 0.3 is 0 Å². The molecule has 0 fully saturated rings. The number of nitrogens with one attached hydrogen (secondary N) is 1. The van der Waals surface area contributed by atoms with Crippen molar-refractivity contribution in [3.8, 4) is 0 Å². The molecule has 0 aromatic heterocycles. The summed E-state index contributed by atoms with van der Waals surface area (Å²) in [7, 11) is 0. The van der Waals surface area contributed by atoms with Gasteiger partial charge in [0.2, 0.25) is 0 Å². The summed E-state index contributed by atoms with van der Waals surface area (Å²) in [4.78, 5) is 12.4. The Kier molecular flexibility index (Phi) is 5.14. The highest BCUT2D eigenvalue weighted by molar-refractivity contribution is 6.19. The van der Waals surface area contributed by atoms with Crippen LogP contribution in [0.25, 0.3) is 5.57 Å². The summed E-state index contributed by atoms with van der Waals surface area (Å²) in [5.41, 5.74) is 6.72. The van der Waals surface area contributed by atoms with Gasteiger partial charge < -0.3 is 5.32 Å². The topological polar surface area (TPSA) is 29.1 Å². The number of amides is 1. The second kappa shape index (κ2) is 7.28. The molecule has 0 spiro atoms. The van der Waals surface area contributed by atoms with Crippen molar-refractivity contribution in [1.29, 1.82) is 0 Å². The number of hydrogen-bond donors (Lipinski definition) is 1. The summed E-state index contributed by atoms with van der Waals surface area (Å²) in [6.45, 7) is 4.40. The number of hydrogen-bond acceptors (Lipinski definition) is 1. The zero-order valence-electron chi connectivity index (χ0n) is 12.4. The van der Waals surface area contributed by atoms with Crippen LogP contribution in [0.2, 0.25) is 0 Å². The lowest BCUT2D eigenvalue weighted by Crippen LogP contribution is -2.23. The predicted octanol–water partition coefficient (Wildman–Crippen LogP) is 3.87. The largest absolute Gasteiger partial charge is 0.347 e. The minimum atomic E-state index is -0.110. The smallest absolute Gasteiger partial charge is 0.259 e. The molecule has 0 atom stereocenters. The number of carbonyl (C=O) groups is 1. The molecule has 106 valence electrons. The molecule has 1 N–H and O–H groups in total. The van der Waals surface area contributed by atoms with E-state index in [9.17, 15) is 4.79 Å². The van der Waals surface area contributed by atoms with E-state index < -0.39 is 0 Å². The number of rotatable bonds is 4. The summed E-state index contributed by atoms with van der Waals surface area (Å²) in [5, 5.41) is 2.94. The Morgan fingerprint density at radius 2 is 1.76 bits per heavy atom. The zero-order chi connectivity index (χ0) is 15.1. The Balaban J connectivity index is 2.14. The highest BCUT2D eigenvalue weighted by Crippen LogP contribution is 2.14. The molecule has 0 unspecified atom stereocenters. The molecular weight excluding hydrogens is 258 g/mol. The van der Waals surface area contributed by atoms with Gasteiger partial charge in [-0.15, -0.1) is 5.73 Å². The fourth-order valence-corrected chi connectivity index (χ4v) is 2.01. The maximum atomic E-state index is 12.4. The van der Waals surface area contributed by atoms with Crippen molar-refractivity contribution in [2.75, 3.05) is 0 Å². The van der Waals surface area contributed by atoms with Gasteiger partial charge in [-0.05, 0) is 31.1 Å². The molecule has 2 aromatic carbocycles. The third kappa shape index (κ3) is 4.20. The average molecular weight is 277 g/mol. The number of carbonyl (C=O) groups excluding carboxylic acids is 1. The summed E-state index contributed by atoms with van der Waals surface area (Å²) in [6, 6.07) is 17.8. The van der Waals surface area contributed by atoms with Crippen LogP contribution in [0, 0.1) is 6.92 Å². The van der Waals surface area contributed by atoms with Crippen LogP contribution in [0.1, 0.15) is 23.6 Å². The molecule has 2 rings (SSSR count).